The molecule has 1 aliphatic rings. The number of fused-ring (bicyclic) bond motifs is 2. The minimum atomic E-state index is -0.0289. The van der Waals surface area contributed by atoms with Crippen LogP contribution < -0.4 is 15.0 Å². The van der Waals surface area contributed by atoms with Gasteiger partial charge in [0, 0.05) is 70.5 Å². The number of para-hydroxylation sites is 1. The number of halogens is 2. The molecule has 1 aliphatic heterocycles. The predicted molar refractivity (Wildman–Crippen MR) is 166 cm³/mol. The first-order valence-corrected chi connectivity index (χ1v) is 13.3. The molecule has 0 saturated heterocycles. The molecule has 1 amide bonds. The number of ether oxygens (including phenoxy) is 2. The molecule has 0 atom stereocenters. The first kappa shape index (κ1) is 31.9. The van der Waals surface area contributed by atoms with Crippen LogP contribution >= 0.6 is 24.8 Å². The normalized spacial score (nSPS) is 11.8. The topological polar surface area (TPSA) is 76.9 Å². The maximum Gasteiger partial charge on any atom is 0.257 e. The number of amides is 1. The number of rotatable bonds is 11. The maximum atomic E-state index is 13.2. The minimum absolute atomic E-state index is 0. The van der Waals surface area contributed by atoms with Crippen molar-refractivity contribution >= 4 is 41.6 Å². The van der Waals surface area contributed by atoms with Crippen molar-refractivity contribution in [3.8, 4) is 11.5 Å². The zero-order valence-electron chi connectivity index (χ0n) is 23.3. The Kier molecular flexibility index (Phi) is 11.6. The molecular weight excluding hydrogens is 563 g/mol. The average molecular weight is 600 g/mol. The van der Waals surface area contributed by atoms with Gasteiger partial charge in [-0.15, -0.1) is 24.8 Å². The number of benzene rings is 2. The standard InChI is InChI=1S/C31H34N4O4.2ClH/c1-33(31(37)27-6-3-5-24-13-20-39-30(24)27)17-18-35(22-23-11-14-32-15-12-23)16-4-19-38-26-8-9-28-25(21-26)7-10-29(36)34(28)2;;/h3,5-12,14-15,21H,4,13,16-20,22H2,1-2H3;2*1H. The van der Waals surface area contributed by atoms with E-state index in [1.807, 2.05) is 61.6 Å². The van der Waals surface area contributed by atoms with Crippen LogP contribution in [0.3, 0.4) is 0 Å². The van der Waals surface area contributed by atoms with E-state index in [0.717, 1.165) is 60.4 Å². The van der Waals surface area contributed by atoms with E-state index in [4.69, 9.17) is 9.47 Å². The summed E-state index contributed by atoms with van der Waals surface area (Å²) in [4.78, 5) is 33.3. The number of likely N-dealkylation sites (N-methyl/N-ethyl adjacent to an activating group) is 1. The largest absolute Gasteiger partial charge is 0.494 e. The second kappa shape index (κ2) is 14.9. The fourth-order valence-electron chi connectivity index (χ4n) is 4.93. The van der Waals surface area contributed by atoms with Crippen molar-refractivity contribution in [3.05, 3.63) is 100 Å². The van der Waals surface area contributed by atoms with Crippen molar-refractivity contribution in [2.45, 2.75) is 19.4 Å². The summed E-state index contributed by atoms with van der Waals surface area (Å²) >= 11 is 0. The number of carbonyl (C=O) groups excluding carboxylic acids is 1. The number of hydrogen-bond acceptors (Lipinski definition) is 6. The van der Waals surface area contributed by atoms with E-state index >= 15 is 0 Å². The van der Waals surface area contributed by atoms with E-state index in [1.54, 1.807) is 35.0 Å². The van der Waals surface area contributed by atoms with E-state index in [9.17, 15) is 9.59 Å². The Morgan fingerprint density at radius 1 is 1.02 bits per heavy atom. The predicted octanol–water partition coefficient (Wildman–Crippen LogP) is 4.76. The fraction of sp³-hybridized carbons (Fsp3) is 0.323. The van der Waals surface area contributed by atoms with Crippen molar-refractivity contribution in [2.24, 2.45) is 7.05 Å². The molecule has 10 heteroatoms. The second-order valence-electron chi connectivity index (χ2n) is 9.90. The molecule has 5 rings (SSSR count). The van der Waals surface area contributed by atoms with Gasteiger partial charge in [0.15, 0.2) is 0 Å². The summed E-state index contributed by atoms with van der Waals surface area (Å²) in [6, 6.07) is 19.0. The molecule has 3 heterocycles. The lowest BCUT2D eigenvalue weighted by molar-refractivity contribution is 0.0771. The quantitative estimate of drug-likeness (QED) is 0.232. The third kappa shape index (κ3) is 7.79. The van der Waals surface area contributed by atoms with Crippen LogP contribution in [0.4, 0.5) is 0 Å². The van der Waals surface area contributed by atoms with Crippen LogP contribution in [0.2, 0.25) is 0 Å². The highest BCUT2D eigenvalue weighted by atomic mass is 35.5. The summed E-state index contributed by atoms with van der Waals surface area (Å²) in [6.07, 6.45) is 5.28. The number of aromatic nitrogens is 2. The minimum Gasteiger partial charge on any atom is -0.494 e. The van der Waals surface area contributed by atoms with Crippen LogP contribution in [-0.4, -0.2) is 65.2 Å². The van der Waals surface area contributed by atoms with E-state index < -0.39 is 0 Å². The third-order valence-electron chi connectivity index (χ3n) is 7.18. The number of nitrogens with zero attached hydrogens (tertiary/aromatic N) is 4. The number of carbonyl (C=O) groups is 1. The summed E-state index contributed by atoms with van der Waals surface area (Å²) in [5, 5.41) is 0.969. The van der Waals surface area contributed by atoms with Crippen LogP contribution in [0.15, 0.2) is 77.9 Å². The summed E-state index contributed by atoms with van der Waals surface area (Å²) in [7, 11) is 3.62. The van der Waals surface area contributed by atoms with Crippen LogP contribution in [0.25, 0.3) is 10.9 Å². The van der Waals surface area contributed by atoms with Gasteiger partial charge in [-0.3, -0.25) is 19.5 Å². The highest BCUT2D eigenvalue weighted by molar-refractivity contribution is 5.97. The molecule has 0 unspecified atom stereocenters. The van der Waals surface area contributed by atoms with E-state index in [0.29, 0.717) is 25.3 Å². The lowest BCUT2D eigenvalue weighted by Crippen LogP contribution is -2.37. The molecule has 2 aromatic carbocycles. The Hall–Kier alpha value is -3.59. The molecule has 218 valence electrons. The van der Waals surface area contributed by atoms with Gasteiger partial charge in [0.1, 0.15) is 11.5 Å². The number of hydrogen-bond donors (Lipinski definition) is 0. The molecular formula is C31H36Cl2N4O4. The molecule has 41 heavy (non-hydrogen) atoms. The van der Waals surface area contributed by atoms with Crippen molar-refractivity contribution < 1.29 is 14.3 Å². The van der Waals surface area contributed by atoms with Gasteiger partial charge in [0.05, 0.1) is 24.3 Å². The smallest absolute Gasteiger partial charge is 0.257 e. The Bertz CT molecular complexity index is 1510. The summed E-state index contributed by atoms with van der Waals surface area (Å²) < 4.78 is 13.4. The molecule has 0 saturated carbocycles. The Morgan fingerprint density at radius 3 is 2.63 bits per heavy atom. The fourth-order valence-corrected chi connectivity index (χ4v) is 4.93. The first-order valence-electron chi connectivity index (χ1n) is 13.3. The van der Waals surface area contributed by atoms with Crippen LogP contribution in [0.5, 0.6) is 11.5 Å². The Labute approximate surface area is 252 Å². The molecule has 0 radical (unpaired) electrons. The van der Waals surface area contributed by atoms with Crippen molar-refractivity contribution in [1.82, 2.24) is 19.4 Å². The van der Waals surface area contributed by atoms with Gasteiger partial charge in [-0.25, -0.2) is 0 Å². The maximum absolute atomic E-state index is 13.2. The Balaban J connectivity index is 0.00000231. The highest BCUT2D eigenvalue weighted by Gasteiger charge is 2.23. The van der Waals surface area contributed by atoms with Crippen LogP contribution in [0.1, 0.15) is 27.9 Å². The van der Waals surface area contributed by atoms with Crippen LogP contribution in [-0.2, 0) is 20.0 Å². The van der Waals surface area contributed by atoms with Gasteiger partial charge in [0.2, 0.25) is 0 Å². The van der Waals surface area contributed by atoms with Crippen LogP contribution in [0, 0.1) is 0 Å². The highest BCUT2D eigenvalue weighted by Crippen LogP contribution is 2.30. The van der Waals surface area contributed by atoms with Crippen molar-refractivity contribution in [1.29, 1.82) is 0 Å². The lowest BCUT2D eigenvalue weighted by atomic mass is 10.1. The lowest BCUT2D eigenvalue weighted by Gasteiger charge is -2.26. The van der Waals surface area contributed by atoms with Gasteiger partial charge >= 0.3 is 0 Å². The molecule has 2 aromatic heterocycles. The van der Waals surface area contributed by atoms with E-state index in [1.165, 1.54) is 5.56 Å². The molecule has 0 bridgehead atoms. The van der Waals surface area contributed by atoms with E-state index in [2.05, 4.69) is 9.88 Å². The SMILES string of the molecule is CN(CCN(CCCOc1ccc2c(ccc(=O)n2C)c1)Cc1ccncc1)C(=O)c1cccc2c1OCC2.Cl.Cl. The number of aryl methyl sites for hydroxylation is 1. The summed E-state index contributed by atoms with van der Waals surface area (Å²) in [6.45, 7) is 4.09. The van der Waals surface area contributed by atoms with E-state index in [-0.39, 0.29) is 36.3 Å². The molecule has 8 nitrogen and oxygen atoms in total. The van der Waals surface area contributed by atoms with Gasteiger partial charge < -0.3 is 18.9 Å². The third-order valence-corrected chi connectivity index (χ3v) is 7.18. The first-order chi connectivity index (χ1) is 19.0. The molecule has 0 N–H and O–H groups in total. The zero-order valence-corrected chi connectivity index (χ0v) is 25.0. The van der Waals surface area contributed by atoms with Gasteiger partial charge in [-0.05, 0) is 60.0 Å². The average Bonchev–Trinajstić information content (AvgIpc) is 3.45. The van der Waals surface area contributed by atoms with Gasteiger partial charge in [-0.1, -0.05) is 12.1 Å². The summed E-state index contributed by atoms with van der Waals surface area (Å²) in [5.74, 6) is 1.50. The van der Waals surface area contributed by atoms with Gasteiger partial charge in [-0.2, -0.15) is 0 Å². The van der Waals surface area contributed by atoms with Crippen molar-refractivity contribution in [3.63, 3.8) is 0 Å². The van der Waals surface area contributed by atoms with Gasteiger partial charge in [0.25, 0.3) is 11.5 Å². The summed E-state index contributed by atoms with van der Waals surface area (Å²) in [5.41, 5.74) is 3.76. The molecule has 0 spiro atoms. The van der Waals surface area contributed by atoms with Crippen molar-refractivity contribution in [2.75, 3.05) is 39.9 Å². The molecule has 0 fully saturated rings. The second-order valence-corrected chi connectivity index (χ2v) is 9.90. The number of pyridine rings is 2. The molecule has 0 aliphatic carbocycles. The zero-order chi connectivity index (χ0) is 27.2. The molecule has 4 aromatic rings. The Morgan fingerprint density at radius 2 is 1.83 bits per heavy atom. The monoisotopic (exact) mass is 598 g/mol.